The van der Waals surface area contributed by atoms with E-state index in [2.05, 4.69) is 34.4 Å². The Hall–Kier alpha value is -1.36. The molecule has 1 fully saturated rings. The topological polar surface area (TPSA) is 70.1 Å². The van der Waals surface area contributed by atoms with Crippen LogP contribution in [0.15, 0.2) is 6.07 Å². The molecule has 1 aliphatic carbocycles. The van der Waals surface area contributed by atoms with Crippen LogP contribution in [0.2, 0.25) is 0 Å². The van der Waals surface area contributed by atoms with Gasteiger partial charge in [-0.25, -0.2) is 9.97 Å². The molecule has 1 aromatic heterocycles. The summed E-state index contributed by atoms with van der Waals surface area (Å²) < 4.78 is 0. The minimum atomic E-state index is -0.195. The van der Waals surface area contributed by atoms with Crippen molar-refractivity contribution in [2.45, 2.75) is 64.3 Å². The number of nitrogens with one attached hydrogen (secondary N) is 2. The Kier molecular flexibility index (Phi) is 5.79. The molecule has 0 aromatic carbocycles. The highest BCUT2D eigenvalue weighted by Gasteiger charge is 2.33. The highest BCUT2D eigenvalue weighted by molar-refractivity contribution is 5.49. The Morgan fingerprint density at radius 2 is 1.86 bits per heavy atom. The zero-order valence-corrected chi connectivity index (χ0v) is 13.3. The van der Waals surface area contributed by atoms with Crippen molar-refractivity contribution >= 4 is 11.6 Å². The largest absolute Gasteiger partial charge is 0.394 e. The van der Waals surface area contributed by atoms with Crippen LogP contribution in [-0.2, 0) is 6.42 Å². The first-order valence-corrected chi connectivity index (χ1v) is 8.22. The Balaban J connectivity index is 2.18. The molecule has 118 valence electrons. The summed E-state index contributed by atoms with van der Waals surface area (Å²) in [6.45, 7) is 5.35. The Bertz CT molecular complexity index is 444. The molecule has 1 aliphatic rings. The minimum absolute atomic E-state index is 0.165. The van der Waals surface area contributed by atoms with Crippen LogP contribution in [-0.4, -0.2) is 33.8 Å². The highest BCUT2D eigenvalue weighted by atomic mass is 16.3. The van der Waals surface area contributed by atoms with E-state index in [-0.39, 0.29) is 12.1 Å². The third-order valence-electron chi connectivity index (χ3n) is 4.06. The van der Waals surface area contributed by atoms with Gasteiger partial charge in [-0.2, -0.15) is 0 Å². The fraction of sp³-hybridized carbons (Fsp3) is 0.750. The summed E-state index contributed by atoms with van der Waals surface area (Å²) in [5, 5.41) is 16.6. The van der Waals surface area contributed by atoms with Gasteiger partial charge in [-0.05, 0) is 25.7 Å². The first kappa shape index (κ1) is 16.0. The molecule has 21 heavy (non-hydrogen) atoms. The van der Waals surface area contributed by atoms with Crippen LogP contribution in [0, 0.1) is 0 Å². The van der Waals surface area contributed by atoms with Gasteiger partial charge in [0, 0.05) is 19.0 Å². The van der Waals surface area contributed by atoms with Gasteiger partial charge in [-0.1, -0.05) is 26.7 Å². The number of hydrogen-bond donors (Lipinski definition) is 3. The lowest BCUT2D eigenvalue weighted by molar-refractivity contribution is 0.214. The van der Waals surface area contributed by atoms with Gasteiger partial charge in [0.25, 0.3) is 0 Å². The molecule has 0 spiro atoms. The number of rotatable bonds is 8. The van der Waals surface area contributed by atoms with Crippen molar-refractivity contribution in [3.8, 4) is 0 Å². The quantitative estimate of drug-likeness (QED) is 0.687. The summed E-state index contributed by atoms with van der Waals surface area (Å²) in [5.41, 5.74) is -0.195. The van der Waals surface area contributed by atoms with E-state index in [1.165, 1.54) is 12.8 Å². The first-order chi connectivity index (χ1) is 10.2. The molecule has 0 unspecified atom stereocenters. The molecule has 0 bridgehead atoms. The third kappa shape index (κ3) is 4.30. The zero-order valence-electron chi connectivity index (χ0n) is 13.3. The van der Waals surface area contributed by atoms with E-state index in [1.807, 2.05) is 6.07 Å². The lowest BCUT2D eigenvalue weighted by Crippen LogP contribution is -2.39. The van der Waals surface area contributed by atoms with Crippen molar-refractivity contribution < 1.29 is 5.11 Å². The maximum absolute atomic E-state index is 9.74. The number of anilines is 2. The second kappa shape index (κ2) is 7.59. The number of nitrogens with zero attached hydrogens (tertiary/aromatic N) is 2. The first-order valence-electron chi connectivity index (χ1n) is 8.22. The lowest BCUT2D eigenvalue weighted by atomic mass is 9.99. The fourth-order valence-corrected chi connectivity index (χ4v) is 2.89. The molecule has 0 saturated heterocycles. The average Bonchev–Trinajstić information content (AvgIpc) is 2.94. The van der Waals surface area contributed by atoms with E-state index in [0.29, 0.717) is 0 Å². The van der Waals surface area contributed by atoms with Crippen molar-refractivity contribution in [3.63, 3.8) is 0 Å². The molecular formula is C16H28N4O. The summed E-state index contributed by atoms with van der Waals surface area (Å²) in [5.74, 6) is 2.58. The van der Waals surface area contributed by atoms with Crippen molar-refractivity contribution in [1.82, 2.24) is 9.97 Å². The van der Waals surface area contributed by atoms with Crippen LogP contribution in [0.25, 0.3) is 0 Å². The maximum Gasteiger partial charge on any atom is 0.133 e. The van der Waals surface area contributed by atoms with Gasteiger partial charge in [0.05, 0.1) is 12.1 Å². The van der Waals surface area contributed by atoms with E-state index in [1.54, 1.807) is 0 Å². The Morgan fingerprint density at radius 1 is 1.14 bits per heavy atom. The molecule has 0 atom stereocenters. The van der Waals surface area contributed by atoms with Crippen LogP contribution in [0.5, 0.6) is 0 Å². The molecular weight excluding hydrogens is 264 g/mol. The van der Waals surface area contributed by atoms with Crippen molar-refractivity contribution in [2.24, 2.45) is 0 Å². The molecule has 2 rings (SSSR count). The molecule has 1 aromatic rings. The molecule has 1 saturated carbocycles. The predicted octanol–water partition coefficient (Wildman–Crippen LogP) is 2.97. The minimum Gasteiger partial charge on any atom is -0.394 e. The van der Waals surface area contributed by atoms with Crippen LogP contribution < -0.4 is 10.6 Å². The van der Waals surface area contributed by atoms with E-state index in [4.69, 9.17) is 0 Å². The van der Waals surface area contributed by atoms with E-state index >= 15 is 0 Å². The predicted molar refractivity (Wildman–Crippen MR) is 86.7 cm³/mol. The second-order valence-electron chi connectivity index (χ2n) is 6.00. The highest BCUT2D eigenvalue weighted by Crippen LogP contribution is 2.32. The fourth-order valence-electron chi connectivity index (χ4n) is 2.89. The van der Waals surface area contributed by atoms with Crippen molar-refractivity contribution in [1.29, 1.82) is 0 Å². The van der Waals surface area contributed by atoms with Gasteiger partial charge in [0.1, 0.15) is 17.5 Å². The molecule has 0 radical (unpaired) electrons. The summed E-state index contributed by atoms with van der Waals surface area (Å²) in [7, 11) is 0. The number of aliphatic hydroxyl groups excluding tert-OH is 1. The normalized spacial score (nSPS) is 16.9. The SMILES string of the molecule is CCCNc1cc(NC2(CO)CCCC2)nc(CCC)n1. The van der Waals surface area contributed by atoms with Crippen LogP contribution in [0.4, 0.5) is 11.6 Å². The number of hydrogen-bond acceptors (Lipinski definition) is 5. The molecule has 5 nitrogen and oxygen atoms in total. The van der Waals surface area contributed by atoms with Crippen molar-refractivity contribution in [3.05, 3.63) is 11.9 Å². The molecule has 0 aliphatic heterocycles. The van der Waals surface area contributed by atoms with E-state index in [9.17, 15) is 5.11 Å². The number of aromatic nitrogens is 2. The third-order valence-corrected chi connectivity index (χ3v) is 4.06. The summed E-state index contributed by atoms with van der Waals surface area (Å²) in [6, 6.07) is 1.96. The van der Waals surface area contributed by atoms with Crippen molar-refractivity contribution in [2.75, 3.05) is 23.8 Å². The van der Waals surface area contributed by atoms with Gasteiger partial charge < -0.3 is 15.7 Å². The van der Waals surface area contributed by atoms with Gasteiger partial charge in [-0.3, -0.25) is 0 Å². The Morgan fingerprint density at radius 3 is 2.48 bits per heavy atom. The van der Waals surface area contributed by atoms with Crippen LogP contribution in [0.3, 0.4) is 0 Å². The zero-order chi connectivity index (χ0) is 15.1. The van der Waals surface area contributed by atoms with E-state index in [0.717, 1.165) is 56.1 Å². The lowest BCUT2D eigenvalue weighted by Gasteiger charge is -2.29. The molecule has 5 heteroatoms. The monoisotopic (exact) mass is 292 g/mol. The van der Waals surface area contributed by atoms with Gasteiger partial charge >= 0.3 is 0 Å². The second-order valence-corrected chi connectivity index (χ2v) is 6.00. The summed E-state index contributed by atoms with van der Waals surface area (Å²) in [6.07, 6.45) is 7.33. The maximum atomic E-state index is 9.74. The number of aryl methyl sites for hydroxylation is 1. The standard InChI is InChI=1S/C16H28N4O/c1-3-7-13-18-14(17-10-4-2)11-15(19-13)20-16(12-21)8-5-6-9-16/h11,21H,3-10,12H2,1-2H3,(H2,17,18,19,20). The van der Waals surface area contributed by atoms with Crippen LogP contribution in [0.1, 0.15) is 58.2 Å². The van der Waals surface area contributed by atoms with Gasteiger partial charge in [-0.15, -0.1) is 0 Å². The van der Waals surface area contributed by atoms with Gasteiger partial charge in [0.15, 0.2) is 0 Å². The Labute approximate surface area is 127 Å². The van der Waals surface area contributed by atoms with E-state index < -0.39 is 0 Å². The summed E-state index contributed by atoms with van der Waals surface area (Å²) >= 11 is 0. The van der Waals surface area contributed by atoms with Gasteiger partial charge in [0.2, 0.25) is 0 Å². The molecule has 0 amide bonds. The number of aliphatic hydroxyl groups is 1. The smallest absolute Gasteiger partial charge is 0.133 e. The van der Waals surface area contributed by atoms with Crippen LogP contribution >= 0.6 is 0 Å². The summed E-state index contributed by atoms with van der Waals surface area (Å²) in [4.78, 5) is 9.17. The average molecular weight is 292 g/mol. The molecule has 1 heterocycles. The molecule has 3 N–H and O–H groups in total.